The van der Waals surface area contributed by atoms with Crippen molar-refractivity contribution in [3.05, 3.63) is 29.8 Å². The van der Waals surface area contributed by atoms with E-state index in [1.807, 2.05) is 0 Å². The largest absolute Gasteiger partial charge is 0.459 e. The second kappa shape index (κ2) is 5.04. The van der Waals surface area contributed by atoms with Gasteiger partial charge in [-0.05, 0) is 37.2 Å². The molecule has 98 valence electrons. The van der Waals surface area contributed by atoms with E-state index in [1.165, 1.54) is 12.3 Å². The summed E-state index contributed by atoms with van der Waals surface area (Å²) >= 11 is 0. The van der Waals surface area contributed by atoms with Crippen molar-refractivity contribution < 1.29 is 13.9 Å². The molecule has 0 aliphatic heterocycles. The Hall–Kier alpha value is -1.45. The van der Waals surface area contributed by atoms with Crippen molar-refractivity contribution in [3.8, 4) is 0 Å². The topological polar surface area (TPSA) is 39.2 Å². The standard InChI is InChI=1S/C14H18FNO2/c1-14(2)6-3-11(4-7-14)18-13(17)10-5-8-16-12(15)9-10/h5,8-9,11H,3-4,6-7H2,1-2H3. The lowest BCUT2D eigenvalue weighted by molar-refractivity contribution is 0.00945. The number of esters is 1. The summed E-state index contributed by atoms with van der Waals surface area (Å²) in [6, 6.07) is 2.58. The van der Waals surface area contributed by atoms with Gasteiger partial charge in [-0.25, -0.2) is 9.78 Å². The second-order valence-electron chi connectivity index (χ2n) is 5.64. The molecule has 1 heterocycles. The van der Waals surface area contributed by atoms with E-state index in [0.29, 0.717) is 5.41 Å². The van der Waals surface area contributed by atoms with Crippen LogP contribution in [0.2, 0.25) is 0 Å². The van der Waals surface area contributed by atoms with Crippen molar-refractivity contribution in [2.75, 3.05) is 0 Å². The molecular formula is C14H18FNO2. The molecule has 3 nitrogen and oxygen atoms in total. The third kappa shape index (κ3) is 3.28. The van der Waals surface area contributed by atoms with Gasteiger partial charge >= 0.3 is 5.97 Å². The number of nitrogens with zero attached hydrogens (tertiary/aromatic N) is 1. The quantitative estimate of drug-likeness (QED) is 0.597. The molecular weight excluding hydrogens is 233 g/mol. The van der Waals surface area contributed by atoms with Gasteiger partial charge in [0.2, 0.25) is 5.95 Å². The monoisotopic (exact) mass is 251 g/mol. The van der Waals surface area contributed by atoms with Gasteiger partial charge in [0.05, 0.1) is 5.56 Å². The Kier molecular flexibility index (Phi) is 3.64. The minimum atomic E-state index is -0.658. The fraction of sp³-hybridized carbons (Fsp3) is 0.571. The highest BCUT2D eigenvalue weighted by molar-refractivity contribution is 5.89. The average molecular weight is 251 g/mol. The summed E-state index contributed by atoms with van der Waals surface area (Å²) < 4.78 is 18.3. The Morgan fingerprint density at radius 3 is 2.72 bits per heavy atom. The Labute approximate surface area is 106 Å². The Bertz CT molecular complexity index is 435. The molecule has 0 N–H and O–H groups in total. The van der Waals surface area contributed by atoms with E-state index in [9.17, 15) is 9.18 Å². The zero-order valence-corrected chi connectivity index (χ0v) is 10.8. The predicted molar refractivity (Wildman–Crippen MR) is 65.6 cm³/mol. The van der Waals surface area contributed by atoms with Gasteiger partial charge in [-0.2, -0.15) is 4.39 Å². The summed E-state index contributed by atoms with van der Waals surface area (Å²) in [5, 5.41) is 0. The third-order valence-electron chi connectivity index (χ3n) is 3.52. The molecule has 0 bridgehead atoms. The van der Waals surface area contributed by atoms with Gasteiger partial charge in [0.1, 0.15) is 6.10 Å². The predicted octanol–water partition coefficient (Wildman–Crippen LogP) is 3.35. The summed E-state index contributed by atoms with van der Waals surface area (Å²) in [6.45, 7) is 4.45. The van der Waals surface area contributed by atoms with Crippen LogP contribution >= 0.6 is 0 Å². The number of ether oxygens (including phenoxy) is 1. The molecule has 0 atom stereocenters. The number of rotatable bonds is 2. The van der Waals surface area contributed by atoms with E-state index >= 15 is 0 Å². The Morgan fingerprint density at radius 1 is 1.44 bits per heavy atom. The van der Waals surface area contributed by atoms with Crippen LogP contribution in [0.4, 0.5) is 4.39 Å². The maximum absolute atomic E-state index is 12.9. The minimum absolute atomic E-state index is 0.0400. The lowest BCUT2D eigenvalue weighted by Gasteiger charge is -2.33. The van der Waals surface area contributed by atoms with Crippen molar-refractivity contribution in [2.45, 2.75) is 45.6 Å². The summed E-state index contributed by atoms with van der Waals surface area (Å²) in [5.74, 6) is -1.12. The molecule has 1 aliphatic carbocycles. The zero-order valence-electron chi connectivity index (χ0n) is 10.8. The van der Waals surface area contributed by atoms with Crippen LogP contribution in [0.15, 0.2) is 18.3 Å². The van der Waals surface area contributed by atoms with Gasteiger partial charge in [0, 0.05) is 12.3 Å². The van der Waals surface area contributed by atoms with Crippen molar-refractivity contribution in [2.24, 2.45) is 5.41 Å². The van der Waals surface area contributed by atoms with E-state index in [-0.39, 0.29) is 11.7 Å². The van der Waals surface area contributed by atoms with Crippen LogP contribution in [0.25, 0.3) is 0 Å². The van der Waals surface area contributed by atoms with Crippen molar-refractivity contribution in [3.63, 3.8) is 0 Å². The van der Waals surface area contributed by atoms with Crippen LogP contribution in [0.1, 0.15) is 49.9 Å². The van der Waals surface area contributed by atoms with Gasteiger partial charge in [-0.3, -0.25) is 0 Å². The SMILES string of the molecule is CC1(C)CCC(OC(=O)c2ccnc(F)c2)CC1. The second-order valence-corrected chi connectivity index (χ2v) is 5.64. The molecule has 4 heteroatoms. The molecule has 1 aromatic rings. The molecule has 2 rings (SSSR count). The molecule has 0 spiro atoms. The van der Waals surface area contributed by atoms with Crippen LogP contribution in [0.3, 0.4) is 0 Å². The van der Waals surface area contributed by atoms with Crippen molar-refractivity contribution in [1.82, 2.24) is 4.98 Å². The van der Waals surface area contributed by atoms with E-state index in [1.54, 1.807) is 0 Å². The third-order valence-corrected chi connectivity index (χ3v) is 3.52. The molecule has 1 saturated carbocycles. The molecule has 0 saturated heterocycles. The lowest BCUT2D eigenvalue weighted by Crippen LogP contribution is -2.28. The number of aromatic nitrogens is 1. The summed E-state index contributed by atoms with van der Waals surface area (Å²) in [4.78, 5) is 15.2. The van der Waals surface area contributed by atoms with E-state index in [2.05, 4.69) is 18.8 Å². The van der Waals surface area contributed by atoms with Gasteiger partial charge in [0.25, 0.3) is 0 Å². The highest BCUT2D eigenvalue weighted by Gasteiger charge is 2.29. The summed E-state index contributed by atoms with van der Waals surface area (Å²) in [5.41, 5.74) is 0.568. The highest BCUT2D eigenvalue weighted by Crippen LogP contribution is 2.36. The maximum Gasteiger partial charge on any atom is 0.338 e. The molecule has 0 aromatic carbocycles. The van der Waals surface area contributed by atoms with Gasteiger partial charge in [0.15, 0.2) is 0 Å². The lowest BCUT2D eigenvalue weighted by atomic mass is 9.76. The van der Waals surface area contributed by atoms with Crippen LogP contribution in [-0.2, 0) is 4.74 Å². The van der Waals surface area contributed by atoms with Gasteiger partial charge in [-0.1, -0.05) is 13.8 Å². The van der Waals surface area contributed by atoms with Gasteiger partial charge < -0.3 is 4.74 Å². The number of hydrogen-bond donors (Lipinski definition) is 0. The minimum Gasteiger partial charge on any atom is -0.459 e. The number of carbonyl (C=O) groups excluding carboxylic acids is 1. The van der Waals surface area contributed by atoms with Crippen molar-refractivity contribution in [1.29, 1.82) is 0 Å². The van der Waals surface area contributed by atoms with E-state index < -0.39 is 11.9 Å². The molecule has 1 aliphatic rings. The van der Waals surface area contributed by atoms with Crippen LogP contribution in [0, 0.1) is 11.4 Å². The van der Waals surface area contributed by atoms with E-state index in [4.69, 9.17) is 4.74 Å². The summed E-state index contributed by atoms with van der Waals surface area (Å²) in [6.07, 6.45) is 5.10. The highest BCUT2D eigenvalue weighted by atomic mass is 19.1. The molecule has 18 heavy (non-hydrogen) atoms. The number of hydrogen-bond acceptors (Lipinski definition) is 3. The average Bonchev–Trinajstić information content (AvgIpc) is 2.32. The van der Waals surface area contributed by atoms with Crippen LogP contribution in [-0.4, -0.2) is 17.1 Å². The number of carbonyl (C=O) groups is 1. The molecule has 0 amide bonds. The fourth-order valence-electron chi connectivity index (χ4n) is 2.24. The van der Waals surface area contributed by atoms with Crippen LogP contribution < -0.4 is 0 Å². The smallest absolute Gasteiger partial charge is 0.338 e. The zero-order chi connectivity index (χ0) is 13.2. The van der Waals surface area contributed by atoms with Gasteiger partial charge in [-0.15, -0.1) is 0 Å². The number of halogens is 1. The summed E-state index contributed by atoms with van der Waals surface area (Å²) in [7, 11) is 0. The number of pyridine rings is 1. The van der Waals surface area contributed by atoms with E-state index in [0.717, 1.165) is 31.7 Å². The normalized spacial score (nSPS) is 19.5. The molecule has 1 fully saturated rings. The first-order valence-corrected chi connectivity index (χ1v) is 6.29. The molecule has 0 radical (unpaired) electrons. The maximum atomic E-state index is 12.9. The fourth-order valence-corrected chi connectivity index (χ4v) is 2.24. The first-order chi connectivity index (χ1) is 8.46. The first kappa shape index (κ1) is 13.0. The first-order valence-electron chi connectivity index (χ1n) is 6.29. The molecule has 0 unspecified atom stereocenters. The Morgan fingerprint density at radius 2 is 2.11 bits per heavy atom. The van der Waals surface area contributed by atoms with Crippen molar-refractivity contribution >= 4 is 5.97 Å². The Balaban J connectivity index is 1.93. The molecule has 1 aromatic heterocycles. The van der Waals surface area contributed by atoms with Crippen LogP contribution in [0.5, 0.6) is 0 Å².